The number of aromatic nitrogens is 1. The standard InChI is InChI=1S/C20H22ClFN4O2/c1-3-15(27)26-7-5-11-4-6-25(9-14(11)26)19-13(22)8-12(20(23)28)18-16(19)17(21)10(2)24-18/h3,8,11,14,24H,1,4-7,9H2,2H3,(H2,23,28)/t11-,14+/m0/s1. The summed E-state index contributed by atoms with van der Waals surface area (Å²) in [6, 6.07) is 1.17. The Kier molecular flexibility index (Phi) is 4.57. The molecule has 2 saturated heterocycles. The molecular weight excluding hydrogens is 383 g/mol. The number of amides is 2. The largest absolute Gasteiger partial charge is 0.366 e. The Hall–Kier alpha value is -2.54. The van der Waals surface area contributed by atoms with Crippen molar-refractivity contribution in [3.8, 4) is 0 Å². The van der Waals surface area contributed by atoms with Crippen LogP contribution in [0.15, 0.2) is 18.7 Å². The monoisotopic (exact) mass is 404 g/mol. The molecule has 2 aromatic rings. The molecule has 2 atom stereocenters. The predicted octanol–water partition coefficient (Wildman–Crippen LogP) is 2.98. The Balaban J connectivity index is 1.80. The van der Waals surface area contributed by atoms with E-state index < -0.39 is 11.7 Å². The number of hydrogen-bond donors (Lipinski definition) is 2. The topological polar surface area (TPSA) is 82.4 Å². The third-order valence-electron chi connectivity index (χ3n) is 6.02. The second kappa shape index (κ2) is 6.81. The lowest BCUT2D eigenvalue weighted by Crippen LogP contribution is -2.50. The van der Waals surface area contributed by atoms with Gasteiger partial charge in [0.15, 0.2) is 0 Å². The molecule has 3 N–H and O–H groups in total. The van der Waals surface area contributed by atoms with Crippen LogP contribution in [0.4, 0.5) is 10.1 Å². The van der Waals surface area contributed by atoms with E-state index >= 15 is 4.39 Å². The van der Waals surface area contributed by atoms with Gasteiger partial charge in [0, 0.05) is 30.7 Å². The molecule has 1 aromatic carbocycles. The fourth-order valence-corrected chi connectivity index (χ4v) is 4.88. The number of hydrogen-bond acceptors (Lipinski definition) is 3. The van der Waals surface area contributed by atoms with Crippen molar-refractivity contribution in [2.24, 2.45) is 11.7 Å². The van der Waals surface area contributed by atoms with Crippen LogP contribution in [0.5, 0.6) is 0 Å². The van der Waals surface area contributed by atoms with Gasteiger partial charge in [-0.05, 0) is 37.8 Å². The van der Waals surface area contributed by atoms with Crippen LogP contribution in [-0.4, -0.2) is 47.4 Å². The molecule has 0 aliphatic carbocycles. The number of anilines is 1. The Bertz CT molecular complexity index is 1000. The number of aromatic amines is 1. The average Bonchev–Trinajstić information content (AvgIpc) is 3.22. The molecule has 148 valence electrons. The van der Waals surface area contributed by atoms with Crippen molar-refractivity contribution in [3.63, 3.8) is 0 Å². The number of likely N-dealkylation sites (tertiary alicyclic amines) is 1. The summed E-state index contributed by atoms with van der Waals surface area (Å²) >= 11 is 6.47. The molecule has 0 saturated carbocycles. The highest BCUT2D eigenvalue weighted by atomic mass is 35.5. The van der Waals surface area contributed by atoms with Gasteiger partial charge in [0.1, 0.15) is 5.82 Å². The molecular formula is C20H22ClFN4O2. The predicted molar refractivity (Wildman–Crippen MR) is 107 cm³/mol. The van der Waals surface area contributed by atoms with E-state index in [-0.39, 0.29) is 17.5 Å². The van der Waals surface area contributed by atoms with Gasteiger partial charge in [0.05, 0.1) is 27.8 Å². The van der Waals surface area contributed by atoms with E-state index in [2.05, 4.69) is 11.6 Å². The number of fused-ring (bicyclic) bond motifs is 2. The summed E-state index contributed by atoms with van der Waals surface area (Å²) in [5, 5.41) is 0.839. The van der Waals surface area contributed by atoms with E-state index in [1.807, 2.05) is 9.80 Å². The molecule has 0 spiro atoms. The van der Waals surface area contributed by atoms with E-state index in [9.17, 15) is 9.59 Å². The lowest BCUT2D eigenvalue weighted by Gasteiger charge is -2.39. The Labute approximate surface area is 167 Å². The lowest BCUT2D eigenvalue weighted by molar-refractivity contribution is -0.127. The van der Waals surface area contributed by atoms with Crippen LogP contribution in [-0.2, 0) is 4.79 Å². The summed E-state index contributed by atoms with van der Waals surface area (Å²) in [5.74, 6) is -0.961. The summed E-state index contributed by atoms with van der Waals surface area (Å²) in [6.07, 6.45) is 3.12. The maximum absolute atomic E-state index is 15.2. The minimum atomic E-state index is -0.717. The number of carbonyl (C=O) groups excluding carboxylic acids is 2. The quantitative estimate of drug-likeness (QED) is 0.771. The molecule has 0 bridgehead atoms. The van der Waals surface area contributed by atoms with Crippen LogP contribution in [0.1, 0.15) is 28.9 Å². The van der Waals surface area contributed by atoms with Crippen LogP contribution in [0.2, 0.25) is 5.02 Å². The van der Waals surface area contributed by atoms with Gasteiger partial charge in [0.25, 0.3) is 5.91 Å². The summed E-state index contributed by atoms with van der Waals surface area (Å²) < 4.78 is 15.2. The van der Waals surface area contributed by atoms with E-state index in [4.69, 9.17) is 17.3 Å². The van der Waals surface area contributed by atoms with Gasteiger partial charge in [-0.15, -0.1) is 0 Å². The number of primary amides is 1. The maximum atomic E-state index is 15.2. The first-order valence-corrected chi connectivity index (χ1v) is 9.69. The number of nitrogens with two attached hydrogens (primary N) is 1. The Morgan fingerprint density at radius 2 is 2.11 bits per heavy atom. The molecule has 3 heterocycles. The van der Waals surface area contributed by atoms with Gasteiger partial charge in [-0.2, -0.15) is 0 Å². The Morgan fingerprint density at radius 3 is 2.79 bits per heavy atom. The number of H-pyrrole nitrogens is 1. The summed E-state index contributed by atoms with van der Waals surface area (Å²) in [4.78, 5) is 30.8. The summed E-state index contributed by atoms with van der Waals surface area (Å²) in [6.45, 7) is 7.20. The zero-order valence-electron chi connectivity index (χ0n) is 15.6. The average molecular weight is 405 g/mol. The zero-order chi connectivity index (χ0) is 20.2. The highest BCUT2D eigenvalue weighted by Gasteiger charge is 2.41. The fraction of sp³-hybridized carbons (Fsp3) is 0.400. The van der Waals surface area contributed by atoms with Crippen LogP contribution in [0.25, 0.3) is 10.9 Å². The number of nitrogens with one attached hydrogen (secondary N) is 1. The molecule has 4 rings (SSSR count). The highest BCUT2D eigenvalue weighted by Crippen LogP contribution is 2.42. The zero-order valence-corrected chi connectivity index (χ0v) is 16.4. The smallest absolute Gasteiger partial charge is 0.250 e. The first kappa shape index (κ1) is 18.8. The van der Waals surface area contributed by atoms with Gasteiger partial charge in [0.2, 0.25) is 5.91 Å². The molecule has 1 aromatic heterocycles. The molecule has 8 heteroatoms. The third-order valence-corrected chi connectivity index (χ3v) is 6.49. The lowest BCUT2D eigenvalue weighted by atomic mass is 9.91. The van der Waals surface area contributed by atoms with Crippen molar-refractivity contribution in [1.82, 2.24) is 9.88 Å². The summed E-state index contributed by atoms with van der Waals surface area (Å²) in [7, 11) is 0. The van der Waals surface area contributed by atoms with Crippen LogP contribution >= 0.6 is 11.6 Å². The number of nitrogens with zero attached hydrogens (tertiary/aromatic N) is 2. The normalized spacial score (nSPS) is 21.8. The highest BCUT2D eigenvalue weighted by molar-refractivity contribution is 6.38. The fourth-order valence-electron chi connectivity index (χ4n) is 4.65. The number of piperidine rings is 1. The molecule has 2 fully saturated rings. The summed E-state index contributed by atoms with van der Waals surface area (Å²) in [5.41, 5.74) is 6.95. The number of carbonyl (C=O) groups is 2. The van der Waals surface area contributed by atoms with Crippen LogP contribution < -0.4 is 10.6 Å². The van der Waals surface area contributed by atoms with Crippen LogP contribution in [0, 0.1) is 18.7 Å². The Morgan fingerprint density at radius 1 is 1.39 bits per heavy atom. The molecule has 0 radical (unpaired) electrons. The molecule has 0 unspecified atom stereocenters. The van der Waals surface area contributed by atoms with Crippen molar-refractivity contribution in [2.75, 3.05) is 24.5 Å². The van der Waals surface area contributed by atoms with E-state index in [1.54, 1.807) is 6.92 Å². The molecule has 28 heavy (non-hydrogen) atoms. The van der Waals surface area contributed by atoms with Crippen molar-refractivity contribution in [3.05, 3.63) is 40.8 Å². The van der Waals surface area contributed by atoms with Crippen molar-refractivity contribution >= 4 is 40.0 Å². The van der Waals surface area contributed by atoms with Gasteiger partial charge >= 0.3 is 0 Å². The third kappa shape index (κ3) is 2.76. The van der Waals surface area contributed by atoms with Gasteiger partial charge < -0.3 is 20.5 Å². The SMILES string of the molecule is C=CC(=O)N1CC[C@@H]2CCN(c3c(F)cc(C(N)=O)c4[nH]c(C)c(Cl)c34)C[C@H]21. The second-order valence-corrected chi connectivity index (χ2v) is 7.90. The van der Waals surface area contributed by atoms with E-state index in [1.165, 1.54) is 12.1 Å². The second-order valence-electron chi connectivity index (χ2n) is 7.52. The minimum Gasteiger partial charge on any atom is -0.366 e. The molecule has 2 aliphatic rings. The van der Waals surface area contributed by atoms with Crippen molar-refractivity contribution in [2.45, 2.75) is 25.8 Å². The number of benzene rings is 1. The molecule has 6 nitrogen and oxygen atoms in total. The maximum Gasteiger partial charge on any atom is 0.250 e. The van der Waals surface area contributed by atoms with Crippen molar-refractivity contribution < 1.29 is 14.0 Å². The van der Waals surface area contributed by atoms with E-state index in [0.29, 0.717) is 52.9 Å². The molecule has 2 amide bonds. The number of rotatable bonds is 3. The van der Waals surface area contributed by atoms with E-state index in [0.717, 1.165) is 12.8 Å². The first-order valence-electron chi connectivity index (χ1n) is 9.31. The number of halogens is 2. The van der Waals surface area contributed by atoms with Gasteiger partial charge in [-0.25, -0.2) is 4.39 Å². The van der Waals surface area contributed by atoms with Crippen LogP contribution in [0.3, 0.4) is 0 Å². The minimum absolute atomic E-state index is 0.00308. The first-order chi connectivity index (χ1) is 13.3. The number of aryl methyl sites for hydroxylation is 1. The molecule has 2 aliphatic heterocycles. The van der Waals surface area contributed by atoms with Gasteiger partial charge in [-0.1, -0.05) is 18.2 Å². The van der Waals surface area contributed by atoms with Crippen molar-refractivity contribution in [1.29, 1.82) is 0 Å². The van der Waals surface area contributed by atoms with Gasteiger partial charge in [-0.3, -0.25) is 9.59 Å².